The third-order valence-electron chi connectivity index (χ3n) is 2.90. The number of hydrogen-bond acceptors (Lipinski definition) is 5. The Morgan fingerprint density at radius 1 is 1.71 bits per heavy atom. The molecule has 2 rings (SSSR count). The zero-order valence-electron chi connectivity index (χ0n) is 9.59. The predicted molar refractivity (Wildman–Crippen MR) is 63.2 cm³/mol. The van der Waals surface area contributed by atoms with Crippen molar-refractivity contribution in [1.29, 1.82) is 0 Å². The minimum Gasteiger partial charge on any atom is -0.478 e. The molecule has 1 atom stereocenters. The molecular formula is C11H15N3O3. The highest BCUT2D eigenvalue weighted by molar-refractivity contribution is 5.94. The van der Waals surface area contributed by atoms with Crippen LogP contribution < -0.4 is 10.6 Å². The van der Waals surface area contributed by atoms with Gasteiger partial charge in [0, 0.05) is 20.2 Å². The molecule has 1 aromatic heterocycles. The Labute approximate surface area is 99.0 Å². The number of aromatic carboxylic acids is 1. The molecule has 1 aliphatic heterocycles. The Morgan fingerprint density at radius 3 is 3.06 bits per heavy atom. The number of nitrogens with zero attached hydrogens (tertiary/aromatic N) is 2. The normalized spacial score (nSPS) is 19.6. The quantitative estimate of drug-likeness (QED) is 0.799. The molecular weight excluding hydrogens is 222 g/mol. The number of ether oxygens (including phenoxy) is 1. The molecule has 3 N–H and O–H groups in total. The molecule has 0 aliphatic carbocycles. The summed E-state index contributed by atoms with van der Waals surface area (Å²) in [5.41, 5.74) is 6.04. The molecule has 6 heteroatoms. The summed E-state index contributed by atoms with van der Waals surface area (Å²) in [5, 5.41) is 9.12. The van der Waals surface area contributed by atoms with Gasteiger partial charge in [0.05, 0.1) is 18.0 Å². The standard InChI is InChI=1S/C11H15N3O3/c1-17-8-2-3-14(6-8)10-9(11(15)16)4-7(12)5-13-10/h4-5,8H,2-3,6,12H2,1H3,(H,15,16). The summed E-state index contributed by atoms with van der Waals surface area (Å²) in [6, 6.07) is 1.44. The fraction of sp³-hybridized carbons (Fsp3) is 0.455. The molecule has 2 heterocycles. The highest BCUT2D eigenvalue weighted by Crippen LogP contribution is 2.24. The largest absolute Gasteiger partial charge is 0.478 e. The minimum atomic E-state index is -1.01. The number of pyridine rings is 1. The van der Waals surface area contributed by atoms with Gasteiger partial charge in [-0.3, -0.25) is 0 Å². The number of nitrogens with two attached hydrogens (primary N) is 1. The number of hydrogen-bond donors (Lipinski definition) is 2. The first kappa shape index (κ1) is 11.7. The number of rotatable bonds is 3. The van der Waals surface area contributed by atoms with Crippen LogP contribution in [-0.4, -0.2) is 42.4 Å². The van der Waals surface area contributed by atoms with Gasteiger partial charge in [0.2, 0.25) is 0 Å². The maximum absolute atomic E-state index is 11.1. The molecule has 1 unspecified atom stereocenters. The summed E-state index contributed by atoms with van der Waals surface area (Å²) in [6.07, 6.45) is 2.49. The lowest BCUT2D eigenvalue weighted by atomic mass is 10.2. The molecule has 0 bridgehead atoms. The van der Waals surface area contributed by atoms with Crippen LogP contribution in [0.1, 0.15) is 16.8 Å². The molecule has 0 saturated carbocycles. The lowest BCUT2D eigenvalue weighted by molar-refractivity contribution is 0.0697. The van der Waals surface area contributed by atoms with Crippen molar-refractivity contribution in [3.05, 3.63) is 17.8 Å². The van der Waals surface area contributed by atoms with Crippen LogP contribution in [0.2, 0.25) is 0 Å². The van der Waals surface area contributed by atoms with E-state index >= 15 is 0 Å². The van der Waals surface area contributed by atoms with Crippen molar-refractivity contribution in [3.63, 3.8) is 0 Å². The van der Waals surface area contributed by atoms with Crippen LogP contribution in [0.5, 0.6) is 0 Å². The van der Waals surface area contributed by atoms with Crippen molar-refractivity contribution in [1.82, 2.24) is 4.98 Å². The lowest BCUT2D eigenvalue weighted by Gasteiger charge is -2.19. The molecule has 1 saturated heterocycles. The fourth-order valence-corrected chi connectivity index (χ4v) is 2.00. The number of anilines is 2. The summed E-state index contributed by atoms with van der Waals surface area (Å²) in [6.45, 7) is 1.41. The summed E-state index contributed by atoms with van der Waals surface area (Å²) in [4.78, 5) is 17.2. The number of carboxylic acids is 1. The van der Waals surface area contributed by atoms with E-state index in [9.17, 15) is 4.79 Å². The number of nitrogen functional groups attached to an aromatic ring is 1. The van der Waals surface area contributed by atoms with Crippen molar-refractivity contribution < 1.29 is 14.6 Å². The van der Waals surface area contributed by atoms with Gasteiger partial charge in [-0.15, -0.1) is 0 Å². The molecule has 1 fully saturated rings. The molecule has 0 radical (unpaired) electrons. The summed E-state index contributed by atoms with van der Waals surface area (Å²) in [7, 11) is 1.66. The van der Waals surface area contributed by atoms with Crippen LogP contribution in [0.3, 0.4) is 0 Å². The average Bonchev–Trinajstić information content (AvgIpc) is 2.77. The molecule has 0 amide bonds. The second-order valence-electron chi connectivity index (χ2n) is 4.04. The zero-order valence-corrected chi connectivity index (χ0v) is 9.59. The van der Waals surface area contributed by atoms with E-state index in [1.165, 1.54) is 12.3 Å². The molecule has 0 spiro atoms. The van der Waals surface area contributed by atoms with E-state index in [4.69, 9.17) is 15.6 Å². The molecule has 1 aliphatic rings. The maximum Gasteiger partial charge on any atom is 0.339 e. The molecule has 6 nitrogen and oxygen atoms in total. The zero-order chi connectivity index (χ0) is 12.4. The topological polar surface area (TPSA) is 88.7 Å². The summed E-state index contributed by atoms with van der Waals surface area (Å²) >= 11 is 0. The van der Waals surface area contributed by atoms with Crippen LogP contribution in [0.25, 0.3) is 0 Å². The van der Waals surface area contributed by atoms with E-state index < -0.39 is 5.97 Å². The second kappa shape index (κ2) is 4.58. The van der Waals surface area contributed by atoms with Crippen LogP contribution >= 0.6 is 0 Å². The summed E-state index contributed by atoms with van der Waals surface area (Å²) in [5.74, 6) is -0.549. The molecule has 92 valence electrons. The van der Waals surface area contributed by atoms with Crippen molar-refractivity contribution in [3.8, 4) is 0 Å². The Bertz CT molecular complexity index is 436. The van der Waals surface area contributed by atoms with Crippen LogP contribution in [0.4, 0.5) is 11.5 Å². The van der Waals surface area contributed by atoms with Gasteiger partial charge in [-0.1, -0.05) is 0 Å². The van der Waals surface area contributed by atoms with Gasteiger partial charge in [-0.05, 0) is 12.5 Å². The fourth-order valence-electron chi connectivity index (χ4n) is 2.00. The van der Waals surface area contributed by atoms with Gasteiger partial charge < -0.3 is 20.5 Å². The van der Waals surface area contributed by atoms with Gasteiger partial charge in [0.1, 0.15) is 11.4 Å². The van der Waals surface area contributed by atoms with E-state index in [-0.39, 0.29) is 11.7 Å². The van der Waals surface area contributed by atoms with Gasteiger partial charge in [-0.25, -0.2) is 9.78 Å². The van der Waals surface area contributed by atoms with Crippen LogP contribution in [0.15, 0.2) is 12.3 Å². The first-order valence-corrected chi connectivity index (χ1v) is 5.38. The van der Waals surface area contributed by atoms with Gasteiger partial charge >= 0.3 is 5.97 Å². The SMILES string of the molecule is COC1CCN(c2ncc(N)cc2C(=O)O)C1. The third-order valence-corrected chi connectivity index (χ3v) is 2.90. The first-order chi connectivity index (χ1) is 8.11. The van der Waals surface area contributed by atoms with E-state index in [0.29, 0.717) is 18.1 Å². The Balaban J connectivity index is 2.29. The monoisotopic (exact) mass is 237 g/mol. The number of carbonyl (C=O) groups is 1. The van der Waals surface area contributed by atoms with Crippen LogP contribution in [0, 0.1) is 0 Å². The third kappa shape index (κ3) is 2.31. The number of carboxylic acid groups (broad SMARTS) is 1. The second-order valence-corrected chi connectivity index (χ2v) is 4.04. The highest BCUT2D eigenvalue weighted by atomic mass is 16.5. The van der Waals surface area contributed by atoms with Crippen molar-refractivity contribution in [2.45, 2.75) is 12.5 Å². The Morgan fingerprint density at radius 2 is 2.47 bits per heavy atom. The van der Waals surface area contributed by atoms with E-state index in [2.05, 4.69) is 4.98 Å². The highest BCUT2D eigenvalue weighted by Gasteiger charge is 2.26. The maximum atomic E-state index is 11.1. The molecule has 0 aromatic carbocycles. The van der Waals surface area contributed by atoms with Crippen molar-refractivity contribution in [2.75, 3.05) is 30.8 Å². The smallest absolute Gasteiger partial charge is 0.339 e. The lowest BCUT2D eigenvalue weighted by Crippen LogP contribution is -2.25. The van der Waals surface area contributed by atoms with E-state index in [1.807, 2.05) is 4.90 Å². The average molecular weight is 237 g/mol. The van der Waals surface area contributed by atoms with E-state index in [1.54, 1.807) is 7.11 Å². The van der Waals surface area contributed by atoms with Crippen molar-refractivity contribution >= 4 is 17.5 Å². The van der Waals surface area contributed by atoms with Crippen molar-refractivity contribution in [2.24, 2.45) is 0 Å². The van der Waals surface area contributed by atoms with Gasteiger partial charge in [-0.2, -0.15) is 0 Å². The van der Waals surface area contributed by atoms with E-state index in [0.717, 1.165) is 13.0 Å². The number of aromatic nitrogens is 1. The predicted octanol–water partition coefficient (Wildman–Crippen LogP) is 0.587. The Kier molecular flexibility index (Phi) is 3.14. The number of methoxy groups -OCH3 is 1. The van der Waals surface area contributed by atoms with Gasteiger partial charge in [0.25, 0.3) is 0 Å². The first-order valence-electron chi connectivity index (χ1n) is 5.38. The molecule has 1 aromatic rings. The summed E-state index contributed by atoms with van der Waals surface area (Å²) < 4.78 is 5.25. The van der Waals surface area contributed by atoms with Crippen LogP contribution in [-0.2, 0) is 4.74 Å². The Hall–Kier alpha value is -1.82. The van der Waals surface area contributed by atoms with Gasteiger partial charge in [0.15, 0.2) is 0 Å². The molecule has 17 heavy (non-hydrogen) atoms. The minimum absolute atomic E-state index is 0.135.